The molecule has 0 spiro atoms. The summed E-state index contributed by atoms with van der Waals surface area (Å²) in [5.74, 6) is 0. The summed E-state index contributed by atoms with van der Waals surface area (Å²) in [6.45, 7) is 16.2. The topological polar surface area (TPSA) is 17.0 Å². The number of furan rings is 1. The van der Waals surface area contributed by atoms with Crippen LogP contribution in [0.2, 0.25) is 0 Å². The summed E-state index contributed by atoms with van der Waals surface area (Å²) in [6.07, 6.45) is 6.18. The highest BCUT2D eigenvalue weighted by molar-refractivity contribution is 8.00. The first-order valence-electron chi connectivity index (χ1n) is 13.0. The predicted molar refractivity (Wildman–Crippen MR) is 153 cm³/mol. The van der Waals surface area contributed by atoms with Crippen molar-refractivity contribution in [2.45, 2.75) is 71.1 Å². The molecule has 0 amide bonds. The summed E-state index contributed by atoms with van der Waals surface area (Å²) in [5, 5.41) is 6.65. The summed E-state index contributed by atoms with van der Waals surface area (Å²) in [6, 6.07) is 14.0. The molecule has 36 heavy (non-hydrogen) atoms. The van der Waals surface area contributed by atoms with E-state index in [1.54, 1.807) is 0 Å². The quantitative estimate of drug-likeness (QED) is 0.176. The van der Waals surface area contributed by atoms with Crippen molar-refractivity contribution in [1.82, 2.24) is 0 Å². The highest BCUT2D eigenvalue weighted by Gasteiger charge is 2.34. The lowest BCUT2D eigenvalue weighted by atomic mass is 9.84. The second kappa shape index (κ2) is 7.86. The first kappa shape index (κ1) is 23.6. The molecule has 3 heteroatoms. The van der Waals surface area contributed by atoms with Crippen molar-refractivity contribution in [3.63, 3.8) is 0 Å². The van der Waals surface area contributed by atoms with E-state index in [1.165, 1.54) is 64.7 Å². The van der Waals surface area contributed by atoms with E-state index < -0.39 is 0 Å². The van der Waals surface area contributed by atoms with E-state index in [2.05, 4.69) is 103 Å². The van der Waals surface area contributed by atoms with Gasteiger partial charge >= 0.3 is 0 Å². The molecule has 0 radical (unpaired) electrons. The van der Waals surface area contributed by atoms with Crippen molar-refractivity contribution in [1.29, 1.82) is 0 Å². The van der Waals surface area contributed by atoms with Crippen LogP contribution in [0.5, 0.6) is 0 Å². The maximum absolute atomic E-state index is 6.10. The van der Waals surface area contributed by atoms with Crippen molar-refractivity contribution >= 4 is 44.3 Å². The minimum atomic E-state index is 0.174. The lowest BCUT2D eigenvalue weighted by Gasteiger charge is -2.27. The largest absolute Gasteiger partial charge is 0.464 e. The number of benzene rings is 3. The Labute approximate surface area is 218 Å². The number of pyridine rings is 1. The van der Waals surface area contributed by atoms with Crippen LogP contribution < -0.4 is 4.57 Å². The zero-order valence-electron chi connectivity index (χ0n) is 22.8. The molecule has 2 nitrogen and oxygen atoms in total. The molecular formula is C33H36NOS+. The van der Waals surface area contributed by atoms with Gasteiger partial charge < -0.3 is 4.42 Å². The number of aromatic nitrogens is 1. The number of fused-ring (bicyclic) bond motifs is 5. The van der Waals surface area contributed by atoms with E-state index >= 15 is 0 Å². The van der Waals surface area contributed by atoms with Crippen LogP contribution in [0.15, 0.2) is 63.1 Å². The van der Waals surface area contributed by atoms with Crippen molar-refractivity contribution < 1.29 is 8.98 Å². The normalized spacial score (nSPS) is 13.7. The van der Waals surface area contributed by atoms with Gasteiger partial charge in [0.2, 0.25) is 5.69 Å². The Balaban J connectivity index is 1.70. The summed E-state index contributed by atoms with van der Waals surface area (Å²) in [5.41, 5.74) is 8.19. The van der Waals surface area contributed by atoms with Crippen LogP contribution in [0, 0.1) is 17.8 Å². The number of hydrogen-bond acceptors (Lipinski definition) is 2. The second-order valence-electron chi connectivity index (χ2n) is 13.0. The maximum atomic E-state index is 6.10. The standard InChI is InChI=1S/C33H36NOS/c1-19-27-29-28-23(11-13-34(29)8)22-10-9-20(17-32(2,3)4)15-21(22)16-26(28)36-31(27)25(18-33(5,6)7)24-12-14-35-30(19)24/h9-16H,17-18H2,1-8H3/q+1. The molecule has 0 aliphatic carbocycles. The van der Waals surface area contributed by atoms with Crippen LogP contribution in [0.1, 0.15) is 58.2 Å². The van der Waals surface area contributed by atoms with Gasteiger partial charge in [-0.1, -0.05) is 71.5 Å². The monoisotopic (exact) mass is 494 g/mol. The Morgan fingerprint density at radius 2 is 1.61 bits per heavy atom. The third-order valence-electron chi connectivity index (χ3n) is 7.36. The first-order valence-corrected chi connectivity index (χ1v) is 13.8. The summed E-state index contributed by atoms with van der Waals surface area (Å²) in [7, 11) is 2.18. The molecule has 0 fully saturated rings. The molecule has 2 aromatic heterocycles. The molecule has 0 bridgehead atoms. The summed E-state index contributed by atoms with van der Waals surface area (Å²) < 4.78 is 8.41. The maximum Gasteiger partial charge on any atom is 0.222 e. The number of nitrogens with zero attached hydrogens (tertiary/aromatic N) is 1. The summed E-state index contributed by atoms with van der Waals surface area (Å²) in [4.78, 5) is 2.76. The molecule has 0 unspecified atom stereocenters. The second-order valence-corrected chi connectivity index (χ2v) is 14.1. The van der Waals surface area contributed by atoms with Gasteiger partial charge in [-0.15, -0.1) is 0 Å². The molecule has 0 saturated heterocycles. The molecule has 6 rings (SSSR count). The van der Waals surface area contributed by atoms with Crippen molar-refractivity contribution in [2.24, 2.45) is 17.9 Å². The molecule has 3 aromatic carbocycles. The van der Waals surface area contributed by atoms with Crippen LogP contribution in [-0.4, -0.2) is 0 Å². The Hall–Kier alpha value is -2.78. The molecule has 5 aromatic rings. The van der Waals surface area contributed by atoms with Crippen LogP contribution in [-0.2, 0) is 19.9 Å². The Bertz CT molecular complexity index is 1690. The van der Waals surface area contributed by atoms with Gasteiger partial charge in [0.1, 0.15) is 12.6 Å². The highest BCUT2D eigenvalue weighted by Crippen LogP contribution is 2.53. The average molecular weight is 495 g/mol. The van der Waals surface area contributed by atoms with Gasteiger partial charge in [0.25, 0.3) is 0 Å². The van der Waals surface area contributed by atoms with Crippen LogP contribution in [0.25, 0.3) is 43.8 Å². The van der Waals surface area contributed by atoms with Gasteiger partial charge in [-0.3, -0.25) is 0 Å². The SMILES string of the molecule is Cc1c2c(c(CC(C)(C)C)c3ccoc13)Sc1cc3cc(CC(C)(C)C)ccc3c3cc[n+](C)c-2c13. The zero-order valence-corrected chi connectivity index (χ0v) is 23.6. The first-order chi connectivity index (χ1) is 16.9. The van der Waals surface area contributed by atoms with E-state index in [0.29, 0.717) is 0 Å². The zero-order chi connectivity index (χ0) is 25.6. The molecule has 0 atom stereocenters. The van der Waals surface area contributed by atoms with Crippen LogP contribution >= 0.6 is 11.8 Å². The van der Waals surface area contributed by atoms with E-state index in [9.17, 15) is 0 Å². The number of rotatable bonds is 2. The third-order valence-corrected chi connectivity index (χ3v) is 8.56. The van der Waals surface area contributed by atoms with E-state index in [-0.39, 0.29) is 10.8 Å². The molecule has 3 heterocycles. The minimum absolute atomic E-state index is 0.174. The molecule has 0 N–H and O–H groups in total. The highest BCUT2D eigenvalue weighted by atomic mass is 32.2. The van der Waals surface area contributed by atoms with Gasteiger partial charge in [0.05, 0.1) is 17.2 Å². The third kappa shape index (κ3) is 3.75. The minimum Gasteiger partial charge on any atom is -0.464 e. The van der Waals surface area contributed by atoms with Gasteiger partial charge in [-0.2, -0.15) is 0 Å². The number of aryl methyl sites for hydroxylation is 2. The fourth-order valence-electron chi connectivity index (χ4n) is 6.02. The molecular weight excluding hydrogens is 458 g/mol. The van der Waals surface area contributed by atoms with Gasteiger partial charge in [-0.05, 0) is 64.6 Å². The molecule has 184 valence electrons. The van der Waals surface area contributed by atoms with Crippen molar-refractivity contribution in [2.75, 3.05) is 0 Å². The predicted octanol–water partition coefficient (Wildman–Crippen LogP) is 9.18. The fourth-order valence-corrected chi connectivity index (χ4v) is 7.40. The molecule has 1 aliphatic rings. The lowest BCUT2D eigenvalue weighted by molar-refractivity contribution is -0.659. The van der Waals surface area contributed by atoms with E-state index in [0.717, 1.165) is 18.4 Å². The van der Waals surface area contributed by atoms with Crippen LogP contribution in [0.3, 0.4) is 0 Å². The Morgan fingerprint density at radius 3 is 2.33 bits per heavy atom. The van der Waals surface area contributed by atoms with Crippen molar-refractivity contribution in [3.05, 3.63) is 65.5 Å². The van der Waals surface area contributed by atoms with Gasteiger partial charge in [-0.25, -0.2) is 4.57 Å². The van der Waals surface area contributed by atoms with E-state index in [4.69, 9.17) is 4.42 Å². The number of hydrogen-bond donors (Lipinski definition) is 0. The Kier molecular flexibility index (Phi) is 5.15. The van der Waals surface area contributed by atoms with Gasteiger partial charge in [0, 0.05) is 32.2 Å². The Morgan fingerprint density at radius 1 is 0.861 bits per heavy atom. The fraction of sp³-hybridized carbons (Fsp3) is 0.364. The van der Waals surface area contributed by atoms with Gasteiger partial charge in [0.15, 0.2) is 6.20 Å². The molecule has 1 aliphatic heterocycles. The molecule has 0 saturated carbocycles. The van der Waals surface area contributed by atoms with E-state index in [1.807, 2.05) is 18.0 Å². The average Bonchev–Trinajstić information content (AvgIpc) is 3.26. The smallest absolute Gasteiger partial charge is 0.222 e. The van der Waals surface area contributed by atoms with Crippen LogP contribution in [0.4, 0.5) is 0 Å². The van der Waals surface area contributed by atoms with Crippen molar-refractivity contribution in [3.8, 4) is 11.3 Å². The lowest BCUT2D eigenvalue weighted by Crippen LogP contribution is -2.32. The summed E-state index contributed by atoms with van der Waals surface area (Å²) >= 11 is 1.96.